The molecular formula is C16H22N2O3. The third-order valence-electron chi connectivity index (χ3n) is 4.64. The van der Waals surface area contributed by atoms with Gasteiger partial charge in [-0.1, -0.05) is 0 Å². The molecule has 1 atom stereocenters. The molecule has 2 aliphatic heterocycles. The van der Waals surface area contributed by atoms with Crippen LogP contribution < -0.4 is 5.32 Å². The summed E-state index contributed by atoms with van der Waals surface area (Å²) in [5, 5.41) is 22.5. The van der Waals surface area contributed by atoms with Gasteiger partial charge in [-0.2, -0.15) is 0 Å². The number of nitrogens with zero attached hydrogens (tertiary/aromatic N) is 1. The maximum absolute atomic E-state index is 12.4. The van der Waals surface area contributed by atoms with E-state index in [9.17, 15) is 15.0 Å². The highest BCUT2D eigenvalue weighted by molar-refractivity contribution is 5.95. The van der Waals surface area contributed by atoms with Crippen LogP contribution in [0.4, 0.5) is 0 Å². The zero-order valence-corrected chi connectivity index (χ0v) is 12.1. The van der Waals surface area contributed by atoms with Crippen LogP contribution in [0.5, 0.6) is 11.5 Å². The molecule has 0 saturated carbocycles. The predicted molar refractivity (Wildman–Crippen MR) is 79.4 cm³/mol. The van der Waals surface area contributed by atoms with E-state index in [1.54, 1.807) is 0 Å². The molecule has 21 heavy (non-hydrogen) atoms. The van der Waals surface area contributed by atoms with E-state index in [4.69, 9.17) is 0 Å². The molecule has 1 amide bonds. The van der Waals surface area contributed by atoms with E-state index in [2.05, 4.69) is 5.32 Å². The number of piperidine rings is 1. The fourth-order valence-corrected chi connectivity index (χ4v) is 3.52. The Morgan fingerprint density at radius 1 is 1.10 bits per heavy atom. The van der Waals surface area contributed by atoms with Crippen LogP contribution in [0.25, 0.3) is 0 Å². The Labute approximate surface area is 124 Å². The zero-order chi connectivity index (χ0) is 14.8. The topological polar surface area (TPSA) is 72.8 Å². The molecular weight excluding hydrogens is 268 g/mol. The normalized spacial score (nSPS) is 23.4. The van der Waals surface area contributed by atoms with E-state index in [1.165, 1.54) is 31.0 Å². The second-order valence-electron chi connectivity index (χ2n) is 6.07. The number of phenols is 2. The minimum Gasteiger partial charge on any atom is -0.508 e. The van der Waals surface area contributed by atoms with Gasteiger partial charge in [-0.05, 0) is 50.3 Å². The molecule has 0 aromatic heterocycles. The van der Waals surface area contributed by atoms with Crippen LogP contribution in [0.1, 0.15) is 36.0 Å². The summed E-state index contributed by atoms with van der Waals surface area (Å²) in [7, 11) is 0. The molecule has 0 aliphatic carbocycles. The summed E-state index contributed by atoms with van der Waals surface area (Å²) >= 11 is 0. The molecule has 2 aliphatic rings. The number of nitrogens with one attached hydrogen (secondary N) is 1. The molecule has 0 bridgehead atoms. The molecule has 3 N–H and O–H groups in total. The molecule has 114 valence electrons. The summed E-state index contributed by atoms with van der Waals surface area (Å²) in [4.78, 5) is 14.2. The quantitative estimate of drug-likeness (QED) is 0.775. The Balaban J connectivity index is 1.62. The predicted octanol–water partition coefficient (Wildman–Crippen LogP) is 1.70. The highest BCUT2D eigenvalue weighted by Gasteiger charge is 2.30. The highest BCUT2D eigenvalue weighted by atomic mass is 16.3. The van der Waals surface area contributed by atoms with Crippen LogP contribution in [-0.4, -0.2) is 46.7 Å². The first-order chi connectivity index (χ1) is 10.1. The molecule has 2 saturated heterocycles. The molecule has 5 nitrogen and oxygen atoms in total. The van der Waals surface area contributed by atoms with Crippen LogP contribution in [-0.2, 0) is 0 Å². The van der Waals surface area contributed by atoms with Gasteiger partial charge in [-0.15, -0.1) is 0 Å². The van der Waals surface area contributed by atoms with Crippen molar-refractivity contribution in [3.63, 3.8) is 0 Å². The molecule has 5 heteroatoms. The Bertz CT molecular complexity index is 498. The number of carbonyl (C=O) groups is 1. The zero-order valence-electron chi connectivity index (χ0n) is 12.1. The van der Waals surface area contributed by atoms with Gasteiger partial charge in [0.25, 0.3) is 5.91 Å². The molecule has 1 aromatic rings. The molecule has 0 radical (unpaired) electrons. The maximum atomic E-state index is 12.4. The maximum Gasteiger partial charge on any atom is 0.254 e. The van der Waals surface area contributed by atoms with Crippen molar-refractivity contribution >= 4 is 5.91 Å². The first-order valence-electron chi connectivity index (χ1n) is 7.69. The lowest BCUT2D eigenvalue weighted by atomic mass is 9.88. The average molecular weight is 290 g/mol. The number of carbonyl (C=O) groups excluding carboxylic acids is 1. The minimum atomic E-state index is -0.112. The van der Waals surface area contributed by atoms with Crippen LogP contribution >= 0.6 is 0 Å². The second-order valence-corrected chi connectivity index (χ2v) is 6.07. The van der Waals surface area contributed by atoms with E-state index < -0.39 is 0 Å². The molecule has 1 aromatic carbocycles. The number of hydrogen-bond acceptors (Lipinski definition) is 4. The Hall–Kier alpha value is -1.75. The SMILES string of the molecule is O=C(c1cc(O)cc(O)c1)N1CCC(C2CCCN2)CC1. The molecule has 2 fully saturated rings. The van der Waals surface area contributed by atoms with Gasteiger partial charge in [0.15, 0.2) is 0 Å². The van der Waals surface area contributed by atoms with Crippen LogP contribution in [0.3, 0.4) is 0 Å². The van der Waals surface area contributed by atoms with Crippen molar-refractivity contribution < 1.29 is 15.0 Å². The first-order valence-corrected chi connectivity index (χ1v) is 7.69. The summed E-state index contributed by atoms with van der Waals surface area (Å²) in [6, 6.07) is 4.67. The van der Waals surface area contributed by atoms with E-state index in [-0.39, 0.29) is 17.4 Å². The van der Waals surface area contributed by atoms with Crippen molar-refractivity contribution in [2.24, 2.45) is 5.92 Å². The first kappa shape index (κ1) is 14.2. The fraction of sp³-hybridized carbons (Fsp3) is 0.562. The second kappa shape index (κ2) is 5.93. The van der Waals surface area contributed by atoms with Crippen LogP contribution in [0.2, 0.25) is 0 Å². The third kappa shape index (κ3) is 3.13. The Morgan fingerprint density at radius 3 is 2.33 bits per heavy atom. The van der Waals surface area contributed by atoms with Gasteiger partial charge in [0.2, 0.25) is 0 Å². The van der Waals surface area contributed by atoms with E-state index in [1.807, 2.05) is 4.90 Å². The number of rotatable bonds is 2. The number of amides is 1. The summed E-state index contributed by atoms with van der Waals surface area (Å²) in [5.74, 6) is 0.389. The number of phenolic OH excluding ortho intramolecular Hbond substituents is 2. The highest BCUT2D eigenvalue weighted by Crippen LogP contribution is 2.27. The van der Waals surface area contributed by atoms with E-state index in [0.717, 1.165) is 32.5 Å². The van der Waals surface area contributed by atoms with Crippen molar-refractivity contribution in [1.82, 2.24) is 10.2 Å². The molecule has 3 rings (SSSR count). The lowest BCUT2D eigenvalue weighted by Gasteiger charge is -2.35. The molecule has 0 spiro atoms. The summed E-state index contributed by atoms with van der Waals surface area (Å²) < 4.78 is 0. The van der Waals surface area contributed by atoms with E-state index in [0.29, 0.717) is 17.5 Å². The van der Waals surface area contributed by atoms with Crippen LogP contribution in [0.15, 0.2) is 18.2 Å². The van der Waals surface area contributed by atoms with Crippen molar-refractivity contribution in [1.29, 1.82) is 0 Å². The number of benzene rings is 1. The smallest absolute Gasteiger partial charge is 0.254 e. The summed E-state index contributed by atoms with van der Waals surface area (Å²) in [5.41, 5.74) is 0.352. The van der Waals surface area contributed by atoms with Gasteiger partial charge in [0.05, 0.1) is 0 Å². The largest absolute Gasteiger partial charge is 0.508 e. The summed E-state index contributed by atoms with van der Waals surface area (Å²) in [6.07, 6.45) is 4.55. The van der Waals surface area contributed by atoms with Gasteiger partial charge in [0, 0.05) is 30.8 Å². The van der Waals surface area contributed by atoms with Crippen molar-refractivity contribution in [2.45, 2.75) is 31.7 Å². The standard InChI is InChI=1S/C16H22N2O3/c19-13-8-12(9-14(20)10-13)16(21)18-6-3-11(4-7-18)15-2-1-5-17-15/h8-11,15,17,19-20H,1-7H2. The minimum absolute atomic E-state index is 0.0802. The van der Waals surface area contributed by atoms with Crippen LogP contribution in [0, 0.1) is 5.92 Å². The number of hydrogen-bond donors (Lipinski definition) is 3. The molecule has 2 heterocycles. The van der Waals surface area contributed by atoms with Gasteiger partial charge in [-0.25, -0.2) is 0 Å². The third-order valence-corrected chi connectivity index (χ3v) is 4.64. The van der Waals surface area contributed by atoms with E-state index >= 15 is 0 Å². The number of aromatic hydroxyl groups is 2. The van der Waals surface area contributed by atoms with Crippen molar-refractivity contribution in [3.05, 3.63) is 23.8 Å². The monoisotopic (exact) mass is 290 g/mol. The summed E-state index contributed by atoms with van der Waals surface area (Å²) in [6.45, 7) is 2.61. The Kier molecular flexibility index (Phi) is 4.01. The average Bonchev–Trinajstić information content (AvgIpc) is 3.00. The number of likely N-dealkylation sites (tertiary alicyclic amines) is 1. The van der Waals surface area contributed by atoms with Gasteiger partial charge in [-0.3, -0.25) is 4.79 Å². The van der Waals surface area contributed by atoms with Gasteiger partial charge >= 0.3 is 0 Å². The fourth-order valence-electron chi connectivity index (χ4n) is 3.52. The molecule has 1 unspecified atom stereocenters. The van der Waals surface area contributed by atoms with Gasteiger partial charge < -0.3 is 20.4 Å². The van der Waals surface area contributed by atoms with Crippen molar-refractivity contribution in [3.8, 4) is 11.5 Å². The lowest BCUT2D eigenvalue weighted by Crippen LogP contribution is -2.43. The Morgan fingerprint density at radius 2 is 1.76 bits per heavy atom. The van der Waals surface area contributed by atoms with Crippen molar-refractivity contribution in [2.75, 3.05) is 19.6 Å². The van der Waals surface area contributed by atoms with Gasteiger partial charge in [0.1, 0.15) is 11.5 Å². The lowest BCUT2D eigenvalue weighted by molar-refractivity contribution is 0.0673.